The lowest BCUT2D eigenvalue weighted by Gasteiger charge is -2.32. The van der Waals surface area contributed by atoms with Crippen LogP contribution in [0.4, 0.5) is 5.69 Å². The fourth-order valence-electron chi connectivity index (χ4n) is 4.81. The number of hydrogen-bond donors (Lipinski definition) is 1. The highest BCUT2D eigenvalue weighted by Crippen LogP contribution is 2.25. The molecule has 2 amide bonds. The summed E-state index contributed by atoms with van der Waals surface area (Å²) in [5, 5.41) is 4.01. The Hall–Kier alpha value is -2.29. The number of nitrogens with one attached hydrogen (secondary N) is 1. The molecule has 0 aromatic heterocycles. The first-order valence-corrected chi connectivity index (χ1v) is 15.6. The summed E-state index contributed by atoms with van der Waals surface area (Å²) in [7, 11) is -3.55. The van der Waals surface area contributed by atoms with Gasteiger partial charge >= 0.3 is 0 Å². The molecule has 1 N–H and O–H groups in total. The van der Waals surface area contributed by atoms with Crippen molar-refractivity contribution in [1.29, 1.82) is 0 Å². The first-order chi connectivity index (χ1) is 18.0. The van der Waals surface area contributed by atoms with E-state index in [4.69, 9.17) is 23.2 Å². The van der Waals surface area contributed by atoms with Gasteiger partial charge in [0.1, 0.15) is 6.04 Å². The number of nitrogens with zero attached hydrogens (tertiary/aromatic N) is 2. The van der Waals surface area contributed by atoms with Crippen molar-refractivity contribution in [3.8, 4) is 0 Å². The minimum absolute atomic E-state index is 0.0736. The molecule has 1 aliphatic rings. The van der Waals surface area contributed by atoms with E-state index in [1.807, 2.05) is 19.1 Å². The molecule has 0 aliphatic heterocycles. The van der Waals surface area contributed by atoms with E-state index in [2.05, 4.69) is 5.32 Å². The third-order valence-electron chi connectivity index (χ3n) is 7.01. The highest BCUT2D eigenvalue weighted by Gasteiger charge is 2.29. The van der Waals surface area contributed by atoms with Crippen LogP contribution in [0.3, 0.4) is 0 Å². The monoisotopic (exact) mass is 581 g/mol. The molecule has 1 aliphatic carbocycles. The van der Waals surface area contributed by atoms with Gasteiger partial charge in [0.15, 0.2) is 0 Å². The van der Waals surface area contributed by atoms with Gasteiger partial charge in [-0.25, -0.2) is 8.42 Å². The van der Waals surface area contributed by atoms with Crippen LogP contribution in [0.5, 0.6) is 0 Å². The van der Waals surface area contributed by atoms with Crippen LogP contribution in [0, 0.1) is 6.92 Å². The molecule has 3 rings (SSSR count). The molecule has 0 bridgehead atoms. The summed E-state index contributed by atoms with van der Waals surface area (Å²) in [6, 6.07) is 11.7. The average molecular weight is 583 g/mol. The molecule has 1 unspecified atom stereocenters. The molecule has 7 nitrogen and oxygen atoms in total. The molecule has 0 saturated heterocycles. The second-order valence-electron chi connectivity index (χ2n) is 10.0. The Morgan fingerprint density at radius 1 is 1.08 bits per heavy atom. The van der Waals surface area contributed by atoms with Gasteiger partial charge < -0.3 is 10.2 Å². The zero-order chi connectivity index (χ0) is 27.9. The van der Waals surface area contributed by atoms with Crippen molar-refractivity contribution in [2.24, 2.45) is 0 Å². The van der Waals surface area contributed by atoms with E-state index < -0.39 is 16.1 Å². The maximum Gasteiger partial charge on any atom is 0.242 e. The van der Waals surface area contributed by atoms with Crippen molar-refractivity contribution in [3.05, 3.63) is 63.6 Å². The fourth-order valence-corrected chi connectivity index (χ4v) is 6.30. The van der Waals surface area contributed by atoms with E-state index in [9.17, 15) is 18.0 Å². The second-order valence-corrected chi connectivity index (χ2v) is 12.8. The second kappa shape index (κ2) is 13.7. The molecule has 38 heavy (non-hydrogen) atoms. The number of rotatable bonds is 11. The van der Waals surface area contributed by atoms with Crippen LogP contribution in [0.2, 0.25) is 10.0 Å². The topological polar surface area (TPSA) is 86.8 Å². The number of carbonyl (C=O) groups excluding carboxylic acids is 2. The molecular weight excluding hydrogens is 545 g/mol. The van der Waals surface area contributed by atoms with Crippen LogP contribution >= 0.6 is 23.2 Å². The molecule has 1 atom stereocenters. The molecule has 2 aromatic carbocycles. The number of anilines is 1. The average Bonchev–Trinajstić information content (AvgIpc) is 2.86. The summed E-state index contributed by atoms with van der Waals surface area (Å²) in [5.74, 6) is -0.450. The van der Waals surface area contributed by atoms with Crippen molar-refractivity contribution in [2.45, 2.75) is 77.4 Å². The Bertz CT molecular complexity index is 1230. The Morgan fingerprint density at radius 2 is 1.76 bits per heavy atom. The number of para-hydroxylation sites is 1. The van der Waals surface area contributed by atoms with Crippen LogP contribution in [0.25, 0.3) is 0 Å². The van der Waals surface area contributed by atoms with Crippen LogP contribution in [-0.2, 0) is 26.2 Å². The van der Waals surface area contributed by atoms with Gasteiger partial charge in [0.05, 0.1) is 11.9 Å². The Morgan fingerprint density at radius 3 is 2.39 bits per heavy atom. The lowest BCUT2D eigenvalue weighted by molar-refractivity contribution is -0.141. The molecule has 208 valence electrons. The van der Waals surface area contributed by atoms with E-state index in [-0.39, 0.29) is 37.4 Å². The maximum absolute atomic E-state index is 13.5. The number of benzene rings is 2. The number of hydrogen-bond acceptors (Lipinski definition) is 4. The molecular formula is C28H37Cl2N3O4S. The van der Waals surface area contributed by atoms with Gasteiger partial charge in [-0.15, -0.1) is 0 Å². The predicted molar refractivity (Wildman–Crippen MR) is 154 cm³/mol. The van der Waals surface area contributed by atoms with E-state index >= 15 is 0 Å². The smallest absolute Gasteiger partial charge is 0.242 e. The molecule has 2 aromatic rings. The molecule has 0 radical (unpaired) electrons. The van der Waals surface area contributed by atoms with E-state index in [0.717, 1.165) is 37.5 Å². The normalized spacial score (nSPS) is 15.1. The zero-order valence-corrected chi connectivity index (χ0v) is 24.6. The number of aryl methyl sites for hydroxylation is 1. The van der Waals surface area contributed by atoms with Crippen molar-refractivity contribution >= 4 is 50.7 Å². The summed E-state index contributed by atoms with van der Waals surface area (Å²) in [6.07, 6.45) is 6.75. The standard InChI is InChI=1S/C28H37Cl2N3O4S/c1-20-10-7-8-13-26(20)33(38(3,36)37)17-9-14-27(34)32(19-22-15-16-23(29)18-25(22)30)21(2)28(35)31-24-11-5-4-6-12-24/h7-8,10,13,15-16,18,21,24H,4-6,9,11-12,14,17,19H2,1-3H3,(H,31,35). The van der Waals surface area contributed by atoms with E-state index in [1.54, 1.807) is 37.3 Å². The number of sulfonamides is 1. The van der Waals surface area contributed by atoms with Gasteiger partial charge in [0.25, 0.3) is 0 Å². The Labute approximate surface area is 236 Å². The van der Waals surface area contributed by atoms with E-state index in [1.165, 1.54) is 15.6 Å². The van der Waals surface area contributed by atoms with Gasteiger partial charge in [-0.3, -0.25) is 13.9 Å². The summed E-state index contributed by atoms with van der Waals surface area (Å²) in [6.45, 7) is 3.86. The van der Waals surface area contributed by atoms with Crippen LogP contribution in [-0.4, -0.2) is 50.0 Å². The maximum atomic E-state index is 13.5. The largest absolute Gasteiger partial charge is 0.352 e. The zero-order valence-electron chi connectivity index (χ0n) is 22.3. The third kappa shape index (κ3) is 8.35. The summed E-state index contributed by atoms with van der Waals surface area (Å²) in [5.41, 5.74) is 2.10. The van der Waals surface area contributed by atoms with E-state index in [0.29, 0.717) is 27.7 Å². The van der Waals surface area contributed by atoms with Crippen LogP contribution in [0.1, 0.15) is 63.0 Å². The lowest BCUT2D eigenvalue weighted by atomic mass is 9.95. The minimum Gasteiger partial charge on any atom is -0.352 e. The highest BCUT2D eigenvalue weighted by atomic mass is 35.5. The molecule has 10 heteroatoms. The number of amides is 2. The third-order valence-corrected chi connectivity index (χ3v) is 8.78. The van der Waals surface area contributed by atoms with Gasteiger partial charge in [-0.1, -0.05) is 66.7 Å². The first kappa shape index (κ1) is 30.3. The fraction of sp³-hybridized carbons (Fsp3) is 0.500. The summed E-state index contributed by atoms with van der Waals surface area (Å²) < 4.78 is 26.4. The Kier molecular flexibility index (Phi) is 10.9. The lowest BCUT2D eigenvalue weighted by Crippen LogP contribution is -2.50. The summed E-state index contributed by atoms with van der Waals surface area (Å²) in [4.78, 5) is 28.2. The van der Waals surface area contributed by atoms with Crippen molar-refractivity contribution in [1.82, 2.24) is 10.2 Å². The molecule has 1 saturated carbocycles. The van der Waals surface area contributed by atoms with Gasteiger partial charge in [0, 0.05) is 35.6 Å². The summed E-state index contributed by atoms with van der Waals surface area (Å²) >= 11 is 12.5. The molecule has 0 heterocycles. The minimum atomic E-state index is -3.55. The highest BCUT2D eigenvalue weighted by molar-refractivity contribution is 7.92. The van der Waals surface area contributed by atoms with Gasteiger partial charge in [0.2, 0.25) is 21.8 Å². The van der Waals surface area contributed by atoms with Crippen molar-refractivity contribution in [2.75, 3.05) is 17.1 Å². The van der Waals surface area contributed by atoms with Crippen LogP contribution in [0.15, 0.2) is 42.5 Å². The molecule has 0 spiro atoms. The van der Waals surface area contributed by atoms with Gasteiger partial charge in [-0.2, -0.15) is 0 Å². The quantitative estimate of drug-likeness (QED) is 0.368. The van der Waals surface area contributed by atoms with Crippen molar-refractivity contribution in [3.63, 3.8) is 0 Å². The number of carbonyl (C=O) groups is 2. The van der Waals surface area contributed by atoms with Crippen LogP contribution < -0.4 is 9.62 Å². The molecule has 1 fully saturated rings. The predicted octanol–water partition coefficient (Wildman–Crippen LogP) is 5.71. The first-order valence-electron chi connectivity index (χ1n) is 13.0. The van der Waals surface area contributed by atoms with Crippen molar-refractivity contribution < 1.29 is 18.0 Å². The Balaban J connectivity index is 1.75. The SMILES string of the molecule is Cc1ccccc1N(CCCC(=O)N(Cc1ccc(Cl)cc1Cl)C(C)C(=O)NC1CCCCC1)S(C)(=O)=O. The number of halogens is 2. The van der Waals surface area contributed by atoms with Gasteiger partial charge in [-0.05, 0) is 62.4 Å².